The maximum absolute atomic E-state index is 13.2. The van der Waals surface area contributed by atoms with Crippen molar-refractivity contribution < 1.29 is 13.9 Å². The lowest BCUT2D eigenvalue weighted by atomic mass is 10.2. The van der Waals surface area contributed by atoms with Crippen LogP contribution in [0.2, 0.25) is 5.02 Å². The van der Waals surface area contributed by atoms with Crippen molar-refractivity contribution in [1.29, 1.82) is 0 Å². The molecule has 0 unspecified atom stereocenters. The number of ether oxygens (including phenoxy) is 1. The zero-order valence-corrected chi connectivity index (χ0v) is 15.9. The van der Waals surface area contributed by atoms with Crippen LogP contribution in [0.25, 0.3) is 15.9 Å². The smallest absolute Gasteiger partial charge is 0.348 e. The average Bonchev–Trinajstić information content (AvgIpc) is 3.21. The minimum atomic E-state index is -0.402. The molecule has 0 amide bonds. The van der Waals surface area contributed by atoms with Gasteiger partial charge in [-0.2, -0.15) is 5.10 Å². The number of thiophene rings is 1. The van der Waals surface area contributed by atoms with Crippen LogP contribution in [0.4, 0.5) is 4.39 Å². The van der Waals surface area contributed by atoms with E-state index in [0.717, 1.165) is 27.2 Å². The average molecular weight is 401 g/mol. The largest absolute Gasteiger partial charge is 0.457 e. The van der Waals surface area contributed by atoms with Crippen LogP contribution < -0.4 is 0 Å². The van der Waals surface area contributed by atoms with Crippen LogP contribution in [0.15, 0.2) is 54.6 Å². The topological polar surface area (TPSA) is 44.1 Å². The summed E-state index contributed by atoms with van der Waals surface area (Å²) in [5.41, 5.74) is 2.35. The predicted molar refractivity (Wildman–Crippen MR) is 104 cm³/mol. The summed E-state index contributed by atoms with van der Waals surface area (Å²) in [5, 5.41) is 5.96. The molecule has 2 aromatic heterocycles. The highest BCUT2D eigenvalue weighted by atomic mass is 35.5. The van der Waals surface area contributed by atoms with Gasteiger partial charge < -0.3 is 4.74 Å². The van der Waals surface area contributed by atoms with E-state index in [1.54, 1.807) is 35.0 Å². The van der Waals surface area contributed by atoms with Gasteiger partial charge in [-0.1, -0.05) is 23.7 Å². The van der Waals surface area contributed by atoms with Crippen molar-refractivity contribution in [3.63, 3.8) is 0 Å². The minimum Gasteiger partial charge on any atom is -0.457 e. The lowest BCUT2D eigenvalue weighted by Crippen LogP contribution is -2.03. The molecule has 0 aliphatic heterocycles. The van der Waals surface area contributed by atoms with Crippen LogP contribution in [0.3, 0.4) is 0 Å². The SMILES string of the molecule is Cc1nn(-c2ccc(F)cc2)c2sc(C(=O)OCc3cccc(Cl)c3)cc12. The van der Waals surface area contributed by atoms with E-state index in [1.807, 2.05) is 19.1 Å². The Morgan fingerprint density at radius 3 is 2.74 bits per heavy atom. The second-order valence-corrected chi connectivity index (χ2v) is 7.48. The number of hydrogen-bond donors (Lipinski definition) is 0. The fourth-order valence-corrected chi connectivity index (χ4v) is 4.04. The van der Waals surface area contributed by atoms with Crippen LogP contribution >= 0.6 is 22.9 Å². The second-order valence-electron chi connectivity index (χ2n) is 6.01. The molecule has 0 bridgehead atoms. The van der Waals surface area contributed by atoms with Gasteiger partial charge in [0.1, 0.15) is 22.1 Å². The van der Waals surface area contributed by atoms with Gasteiger partial charge >= 0.3 is 5.97 Å². The van der Waals surface area contributed by atoms with Gasteiger partial charge in [0.15, 0.2) is 0 Å². The van der Waals surface area contributed by atoms with Crippen molar-refractivity contribution >= 4 is 39.1 Å². The van der Waals surface area contributed by atoms with Crippen molar-refractivity contribution in [3.05, 3.63) is 81.6 Å². The van der Waals surface area contributed by atoms with E-state index in [-0.39, 0.29) is 12.4 Å². The maximum Gasteiger partial charge on any atom is 0.348 e. The number of rotatable bonds is 4. The monoisotopic (exact) mass is 400 g/mol. The Hall–Kier alpha value is -2.70. The molecule has 0 aliphatic carbocycles. The number of nitrogens with zero attached hydrogens (tertiary/aromatic N) is 2. The Balaban J connectivity index is 1.60. The van der Waals surface area contributed by atoms with Crippen LogP contribution in [0.5, 0.6) is 0 Å². The van der Waals surface area contributed by atoms with Crippen LogP contribution in [0.1, 0.15) is 20.9 Å². The van der Waals surface area contributed by atoms with Gasteiger partial charge in [-0.3, -0.25) is 0 Å². The molecule has 136 valence electrons. The summed E-state index contributed by atoms with van der Waals surface area (Å²) in [4.78, 5) is 13.8. The predicted octanol–water partition coefficient (Wildman–Crippen LogP) is 5.54. The number of benzene rings is 2. The van der Waals surface area contributed by atoms with Gasteiger partial charge in [-0.05, 0) is 55.0 Å². The lowest BCUT2D eigenvalue weighted by Gasteiger charge is -2.04. The third-order valence-electron chi connectivity index (χ3n) is 4.08. The first kappa shape index (κ1) is 17.7. The molecular weight excluding hydrogens is 387 g/mol. The van der Waals surface area contributed by atoms with E-state index < -0.39 is 5.97 Å². The van der Waals surface area contributed by atoms with E-state index in [0.29, 0.717) is 9.90 Å². The zero-order valence-electron chi connectivity index (χ0n) is 14.3. The van der Waals surface area contributed by atoms with Gasteiger partial charge in [0, 0.05) is 10.4 Å². The summed E-state index contributed by atoms with van der Waals surface area (Å²) in [5.74, 6) is -0.712. The molecule has 4 rings (SSSR count). The van der Waals surface area contributed by atoms with Crippen molar-refractivity contribution in [2.75, 3.05) is 0 Å². The molecule has 0 saturated carbocycles. The number of carbonyl (C=O) groups is 1. The maximum atomic E-state index is 13.2. The quantitative estimate of drug-likeness (QED) is 0.422. The summed E-state index contributed by atoms with van der Waals surface area (Å²) in [7, 11) is 0. The van der Waals surface area contributed by atoms with E-state index >= 15 is 0 Å². The standard InChI is InChI=1S/C20H14ClFN2O2S/c1-12-17-10-18(20(25)26-11-13-3-2-4-14(21)9-13)27-19(17)24(23-12)16-7-5-15(22)6-8-16/h2-10H,11H2,1H3. The fraction of sp³-hybridized carbons (Fsp3) is 0.100. The Morgan fingerprint density at radius 1 is 1.22 bits per heavy atom. The van der Waals surface area contributed by atoms with Gasteiger partial charge in [-0.25, -0.2) is 13.9 Å². The molecule has 2 heterocycles. The highest BCUT2D eigenvalue weighted by Gasteiger charge is 2.18. The molecule has 27 heavy (non-hydrogen) atoms. The Labute approximate surface area is 163 Å². The number of aryl methyl sites for hydroxylation is 1. The summed E-state index contributed by atoms with van der Waals surface area (Å²) in [6, 6.07) is 15.0. The number of fused-ring (bicyclic) bond motifs is 1. The highest BCUT2D eigenvalue weighted by Crippen LogP contribution is 2.31. The summed E-state index contributed by atoms with van der Waals surface area (Å²) in [6.45, 7) is 2.02. The number of hydrogen-bond acceptors (Lipinski definition) is 4. The number of carbonyl (C=O) groups excluding carboxylic acids is 1. The molecule has 0 atom stereocenters. The van der Waals surface area contributed by atoms with E-state index in [4.69, 9.17) is 16.3 Å². The van der Waals surface area contributed by atoms with Gasteiger partial charge in [-0.15, -0.1) is 11.3 Å². The molecule has 0 radical (unpaired) electrons. The Bertz CT molecular complexity index is 1130. The molecular formula is C20H14ClFN2O2S. The number of esters is 1. The molecule has 2 aromatic carbocycles. The molecule has 0 N–H and O–H groups in total. The van der Waals surface area contributed by atoms with Crippen molar-refractivity contribution in [3.8, 4) is 5.69 Å². The van der Waals surface area contributed by atoms with Crippen molar-refractivity contribution in [2.45, 2.75) is 13.5 Å². The first-order chi connectivity index (χ1) is 13.0. The first-order valence-electron chi connectivity index (χ1n) is 8.18. The number of aromatic nitrogens is 2. The first-order valence-corrected chi connectivity index (χ1v) is 9.37. The second kappa shape index (κ2) is 7.13. The summed E-state index contributed by atoms with van der Waals surface area (Å²) in [6.07, 6.45) is 0. The normalized spacial score (nSPS) is 11.1. The van der Waals surface area contributed by atoms with Crippen LogP contribution in [-0.2, 0) is 11.3 Å². The highest BCUT2D eigenvalue weighted by molar-refractivity contribution is 7.20. The third-order valence-corrected chi connectivity index (χ3v) is 5.40. The van der Waals surface area contributed by atoms with Gasteiger partial charge in [0.2, 0.25) is 0 Å². The minimum absolute atomic E-state index is 0.150. The van der Waals surface area contributed by atoms with Crippen LogP contribution in [0, 0.1) is 12.7 Å². The van der Waals surface area contributed by atoms with Crippen LogP contribution in [-0.4, -0.2) is 15.7 Å². The molecule has 4 aromatic rings. The molecule has 4 nitrogen and oxygen atoms in total. The molecule has 7 heteroatoms. The van der Waals surface area contributed by atoms with Crippen molar-refractivity contribution in [1.82, 2.24) is 9.78 Å². The number of halogens is 2. The van der Waals surface area contributed by atoms with E-state index in [9.17, 15) is 9.18 Å². The zero-order chi connectivity index (χ0) is 19.0. The Morgan fingerprint density at radius 2 is 2.00 bits per heavy atom. The molecule has 0 saturated heterocycles. The summed E-state index contributed by atoms with van der Waals surface area (Å²) < 4.78 is 20.3. The van der Waals surface area contributed by atoms with E-state index in [2.05, 4.69) is 5.10 Å². The molecule has 0 fully saturated rings. The van der Waals surface area contributed by atoms with Crippen molar-refractivity contribution in [2.24, 2.45) is 0 Å². The fourth-order valence-electron chi connectivity index (χ4n) is 2.75. The summed E-state index contributed by atoms with van der Waals surface area (Å²) >= 11 is 7.24. The van der Waals surface area contributed by atoms with E-state index in [1.165, 1.54) is 23.5 Å². The lowest BCUT2D eigenvalue weighted by molar-refractivity contribution is 0.0478. The molecule has 0 aliphatic rings. The van der Waals surface area contributed by atoms with Gasteiger partial charge in [0.05, 0.1) is 11.4 Å². The molecule has 0 spiro atoms. The Kier molecular flexibility index (Phi) is 4.68. The van der Waals surface area contributed by atoms with Gasteiger partial charge in [0.25, 0.3) is 0 Å². The third kappa shape index (κ3) is 3.59.